The number of anilines is 1. The normalized spacial score (nSPS) is 12.5. The van der Waals surface area contributed by atoms with E-state index in [9.17, 15) is 10.1 Å². The average molecular weight is 210 g/mol. The van der Waals surface area contributed by atoms with Gasteiger partial charge >= 0.3 is 0 Å². The molecule has 0 bridgehead atoms. The van der Waals surface area contributed by atoms with E-state index in [-0.39, 0.29) is 11.9 Å². The van der Waals surface area contributed by atoms with Gasteiger partial charge in [-0.15, -0.1) is 0 Å². The molecular weight excluding hydrogens is 196 g/mol. The minimum atomic E-state index is -0.466. The molecule has 1 aromatic heterocycles. The van der Waals surface area contributed by atoms with Gasteiger partial charge in [0.2, 0.25) is 0 Å². The first-order chi connectivity index (χ1) is 7.00. The second kappa shape index (κ2) is 4.70. The topological polar surface area (TPSA) is 71.3 Å². The highest BCUT2D eigenvalue weighted by molar-refractivity contribution is 5.40. The molecule has 0 saturated heterocycles. The Hall–Kier alpha value is -1.69. The molecule has 15 heavy (non-hydrogen) atoms. The van der Waals surface area contributed by atoms with Gasteiger partial charge in [-0.3, -0.25) is 15.0 Å². The van der Waals surface area contributed by atoms with Crippen LogP contribution in [-0.2, 0) is 0 Å². The summed E-state index contributed by atoms with van der Waals surface area (Å²) >= 11 is 0. The van der Waals surface area contributed by atoms with E-state index in [0.717, 1.165) is 0 Å². The van der Waals surface area contributed by atoms with Crippen LogP contribution in [-0.4, -0.2) is 35.1 Å². The van der Waals surface area contributed by atoms with Gasteiger partial charge in [0.15, 0.2) is 0 Å². The first-order valence-corrected chi connectivity index (χ1v) is 4.54. The summed E-state index contributed by atoms with van der Waals surface area (Å²) < 4.78 is 0. The van der Waals surface area contributed by atoms with Crippen molar-refractivity contribution in [3.63, 3.8) is 0 Å². The number of nitro groups is 1. The van der Waals surface area contributed by atoms with Gasteiger partial charge in [-0.2, -0.15) is 0 Å². The molecule has 1 aromatic rings. The van der Waals surface area contributed by atoms with Gasteiger partial charge < -0.3 is 5.32 Å². The lowest BCUT2D eigenvalue weighted by atomic mass is 10.4. The van der Waals surface area contributed by atoms with Crippen molar-refractivity contribution in [2.24, 2.45) is 0 Å². The van der Waals surface area contributed by atoms with E-state index in [2.05, 4.69) is 10.3 Å². The lowest BCUT2D eigenvalue weighted by Crippen LogP contribution is -2.32. The number of hydrogen-bond acceptors (Lipinski definition) is 5. The number of aromatic nitrogens is 1. The summed E-state index contributed by atoms with van der Waals surface area (Å²) in [7, 11) is 3.87. The van der Waals surface area contributed by atoms with E-state index in [1.165, 1.54) is 12.3 Å². The lowest BCUT2D eigenvalue weighted by Gasteiger charge is -2.21. The standard InChI is InChI=1S/C9H14N4O2/c1-7(12(2)3)11-9-5-4-8(6-10-9)13(14)15/h4-7H,1-3H3,(H,10,11). The smallest absolute Gasteiger partial charge is 0.287 e. The molecular formula is C9H14N4O2. The molecule has 0 fully saturated rings. The Bertz CT molecular complexity index is 336. The quantitative estimate of drug-likeness (QED) is 0.461. The van der Waals surface area contributed by atoms with Crippen LogP contribution in [0.4, 0.5) is 11.5 Å². The van der Waals surface area contributed by atoms with E-state index in [1.54, 1.807) is 6.07 Å². The fourth-order valence-corrected chi connectivity index (χ4v) is 0.923. The van der Waals surface area contributed by atoms with Crippen molar-refractivity contribution in [3.8, 4) is 0 Å². The summed E-state index contributed by atoms with van der Waals surface area (Å²) in [5.74, 6) is 0.627. The molecule has 1 rings (SSSR count). The van der Waals surface area contributed by atoms with E-state index >= 15 is 0 Å². The second-order valence-corrected chi connectivity index (χ2v) is 3.44. The molecule has 1 N–H and O–H groups in total. The zero-order valence-corrected chi connectivity index (χ0v) is 8.97. The molecule has 1 heterocycles. The molecule has 1 unspecified atom stereocenters. The van der Waals surface area contributed by atoms with Crippen LogP contribution in [0, 0.1) is 10.1 Å². The minimum Gasteiger partial charge on any atom is -0.355 e. The fraction of sp³-hybridized carbons (Fsp3) is 0.444. The Morgan fingerprint density at radius 3 is 2.60 bits per heavy atom. The number of nitrogens with zero attached hydrogens (tertiary/aromatic N) is 3. The Kier molecular flexibility index (Phi) is 3.56. The summed E-state index contributed by atoms with van der Waals surface area (Å²) in [5.41, 5.74) is -0.00180. The van der Waals surface area contributed by atoms with Gasteiger partial charge in [-0.05, 0) is 27.1 Å². The van der Waals surface area contributed by atoms with Crippen molar-refractivity contribution in [2.75, 3.05) is 19.4 Å². The number of pyridine rings is 1. The third kappa shape index (κ3) is 3.17. The van der Waals surface area contributed by atoms with E-state index in [0.29, 0.717) is 5.82 Å². The molecule has 1 atom stereocenters. The summed E-state index contributed by atoms with van der Waals surface area (Å²) in [5, 5.41) is 13.5. The maximum Gasteiger partial charge on any atom is 0.287 e. The zero-order chi connectivity index (χ0) is 11.4. The fourth-order valence-electron chi connectivity index (χ4n) is 0.923. The molecule has 0 aliphatic heterocycles. The van der Waals surface area contributed by atoms with Crippen LogP contribution in [0.3, 0.4) is 0 Å². The number of rotatable bonds is 4. The van der Waals surface area contributed by atoms with Crippen LogP contribution >= 0.6 is 0 Å². The predicted octanol–water partition coefficient (Wildman–Crippen LogP) is 1.31. The number of hydrogen-bond donors (Lipinski definition) is 1. The molecule has 82 valence electrons. The van der Waals surface area contributed by atoms with Crippen molar-refractivity contribution in [1.29, 1.82) is 0 Å². The van der Waals surface area contributed by atoms with Crippen molar-refractivity contribution in [2.45, 2.75) is 13.1 Å². The Morgan fingerprint density at radius 2 is 2.20 bits per heavy atom. The van der Waals surface area contributed by atoms with Gasteiger partial charge in [0.05, 0.1) is 11.1 Å². The highest BCUT2D eigenvalue weighted by Gasteiger charge is 2.07. The van der Waals surface area contributed by atoms with Gasteiger partial charge in [0.25, 0.3) is 5.69 Å². The summed E-state index contributed by atoms with van der Waals surface area (Å²) in [6.07, 6.45) is 1.36. The maximum atomic E-state index is 10.4. The van der Waals surface area contributed by atoms with E-state index in [1.807, 2.05) is 25.9 Å². The minimum absolute atomic E-state index is 0.00180. The second-order valence-electron chi connectivity index (χ2n) is 3.44. The van der Waals surface area contributed by atoms with Crippen LogP contribution in [0.1, 0.15) is 6.92 Å². The van der Waals surface area contributed by atoms with Crippen molar-refractivity contribution in [3.05, 3.63) is 28.4 Å². The van der Waals surface area contributed by atoms with Gasteiger partial charge in [0.1, 0.15) is 12.0 Å². The van der Waals surface area contributed by atoms with Gasteiger partial charge in [-0.1, -0.05) is 0 Å². The molecule has 0 aliphatic rings. The van der Waals surface area contributed by atoms with Crippen LogP contribution in [0.2, 0.25) is 0 Å². The summed E-state index contributed by atoms with van der Waals surface area (Å²) in [6, 6.07) is 3.02. The third-order valence-corrected chi connectivity index (χ3v) is 2.09. The first-order valence-electron chi connectivity index (χ1n) is 4.54. The number of nitrogens with one attached hydrogen (secondary N) is 1. The highest BCUT2D eigenvalue weighted by Crippen LogP contribution is 2.12. The maximum absolute atomic E-state index is 10.4. The molecule has 6 nitrogen and oxygen atoms in total. The van der Waals surface area contributed by atoms with Crippen molar-refractivity contribution < 1.29 is 4.92 Å². The molecule has 0 amide bonds. The third-order valence-electron chi connectivity index (χ3n) is 2.09. The van der Waals surface area contributed by atoms with Crippen molar-refractivity contribution >= 4 is 11.5 Å². The summed E-state index contributed by atoms with van der Waals surface area (Å²) in [4.78, 5) is 15.8. The van der Waals surface area contributed by atoms with Crippen LogP contribution < -0.4 is 5.32 Å². The molecule has 0 aliphatic carbocycles. The Labute approximate surface area is 88.1 Å². The van der Waals surface area contributed by atoms with E-state index in [4.69, 9.17) is 0 Å². The highest BCUT2D eigenvalue weighted by atomic mass is 16.6. The molecule has 0 saturated carbocycles. The van der Waals surface area contributed by atoms with Gasteiger partial charge in [-0.25, -0.2) is 4.98 Å². The lowest BCUT2D eigenvalue weighted by molar-refractivity contribution is -0.385. The monoisotopic (exact) mass is 210 g/mol. The largest absolute Gasteiger partial charge is 0.355 e. The summed E-state index contributed by atoms with van der Waals surface area (Å²) in [6.45, 7) is 1.98. The predicted molar refractivity (Wildman–Crippen MR) is 57.7 cm³/mol. The first kappa shape index (κ1) is 11.4. The molecule has 0 radical (unpaired) electrons. The van der Waals surface area contributed by atoms with Gasteiger partial charge in [0, 0.05) is 6.07 Å². The van der Waals surface area contributed by atoms with Crippen LogP contribution in [0.15, 0.2) is 18.3 Å². The zero-order valence-electron chi connectivity index (χ0n) is 8.97. The SMILES string of the molecule is CC(Nc1ccc([N+](=O)[O-])cn1)N(C)C. The Balaban J connectivity index is 2.68. The molecule has 0 aromatic carbocycles. The Morgan fingerprint density at radius 1 is 1.53 bits per heavy atom. The van der Waals surface area contributed by atoms with Crippen LogP contribution in [0.5, 0.6) is 0 Å². The van der Waals surface area contributed by atoms with Crippen molar-refractivity contribution in [1.82, 2.24) is 9.88 Å². The average Bonchev–Trinajstić information content (AvgIpc) is 2.18. The van der Waals surface area contributed by atoms with E-state index < -0.39 is 4.92 Å². The molecule has 6 heteroatoms. The van der Waals surface area contributed by atoms with Crippen LogP contribution in [0.25, 0.3) is 0 Å². The molecule has 0 spiro atoms.